The number of benzene rings is 5. The number of hydrogen-bond acceptors (Lipinski definition) is 2. The topological polar surface area (TPSA) is 6.48 Å². The molecule has 5 rings (SSSR count). The summed E-state index contributed by atoms with van der Waals surface area (Å²) in [5.41, 5.74) is 13.2. The zero-order chi connectivity index (χ0) is 36.8. The van der Waals surface area contributed by atoms with Crippen LogP contribution in [0, 0.1) is 6.92 Å². The Labute approximate surface area is 311 Å². The molecule has 0 amide bonds. The van der Waals surface area contributed by atoms with Crippen LogP contribution in [0.5, 0.6) is 0 Å². The second-order valence-electron chi connectivity index (χ2n) is 18.0. The van der Waals surface area contributed by atoms with E-state index in [4.69, 9.17) is 0 Å². The maximum absolute atomic E-state index is 4.24. The van der Waals surface area contributed by atoms with E-state index < -0.39 is 0 Å². The number of halogens is 1. The molecule has 0 heterocycles. The largest absolute Gasteiger partial charge is 0.309 e. The van der Waals surface area contributed by atoms with Crippen molar-refractivity contribution < 1.29 is 0 Å². The minimum absolute atomic E-state index is 0.0642. The predicted molar refractivity (Wildman–Crippen MR) is 223 cm³/mol. The molecule has 0 fully saturated rings. The normalized spacial score (nSPS) is 12.6. The molecule has 262 valence electrons. The summed E-state index contributed by atoms with van der Waals surface area (Å²) in [7, 11) is 0. The maximum atomic E-state index is 4.24. The van der Waals surface area contributed by atoms with Gasteiger partial charge < -0.3 is 9.80 Å². The van der Waals surface area contributed by atoms with E-state index in [0.29, 0.717) is 0 Å². The van der Waals surface area contributed by atoms with E-state index in [2.05, 4.69) is 225 Å². The van der Waals surface area contributed by atoms with Gasteiger partial charge in [-0.2, -0.15) is 0 Å². The highest BCUT2D eigenvalue weighted by Gasteiger charge is 2.27. The van der Waals surface area contributed by atoms with Crippen molar-refractivity contribution in [3.8, 4) is 0 Å². The van der Waals surface area contributed by atoms with Crippen molar-refractivity contribution in [3.63, 3.8) is 0 Å². The Morgan fingerprint density at radius 3 is 0.840 bits per heavy atom. The molecule has 0 unspecified atom stereocenters. The molecule has 2 nitrogen and oxygen atoms in total. The highest BCUT2D eigenvalue weighted by atomic mass is 79.9. The molecular weight excluding hydrogens is 672 g/mol. The Morgan fingerprint density at radius 1 is 0.360 bits per heavy atom. The third kappa shape index (κ3) is 8.21. The molecule has 0 saturated heterocycles. The van der Waals surface area contributed by atoms with Gasteiger partial charge in [-0.3, -0.25) is 0 Å². The Bertz CT molecular complexity index is 1850. The third-order valence-corrected chi connectivity index (χ3v) is 10.5. The SMILES string of the molecule is Cc1ccc(N(c2ccc(C(C)(C)C)cc2)c2cc(C(C)(C)C)cc(N(c3ccc(C(C)(C)C)cc3)c3ccc(C(C)(C)C)cc3)c2Br)cc1. The third-order valence-electron chi connectivity index (χ3n) is 9.65. The van der Waals surface area contributed by atoms with E-state index in [1.807, 2.05) is 0 Å². The molecule has 50 heavy (non-hydrogen) atoms. The van der Waals surface area contributed by atoms with Crippen molar-refractivity contribution in [1.82, 2.24) is 0 Å². The summed E-state index contributed by atoms with van der Waals surface area (Å²) >= 11 is 4.24. The van der Waals surface area contributed by atoms with Crippen LogP contribution < -0.4 is 9.80 Å². The number of anilines is 6. The molecule has 5 aromatic rings. The molecule has 0 aliphatic carbocycles. The highest BCUT2D eigenvalue weighted by Crippen LogP contribution is 2.49. The van der Waals surface area contributed by atoms with Crippen molar-refractivity contribution in [1.29, 1.82) is 0 Å². The smallest absolute Gasteiger partial charge is 0.0657 e. The van der Waals surface area contributed by atoms with Gasteiger partial charge in [-0.25, -0.2) is 0 Å². The zero-order valence-corrected chi connectivity index (χ0v) is 34.3. The highest BCUT2D eigenvalue weighted by molar-refractivity contribution is 9.10. The lowest BCUT2D eigenvalue weighted by atomic mass is 9.85. The number of hydrogen-bond donors (Lipinski definition) is 0. The summed E-state index contributed by atoms with van der Waals surface area (Å²) in [6.45, 7) is 29.5. The van der Waals surface area contributed by atoms with Gasteiger partial charge in [-0.1, -0.05) is 137 Å². The van der Waals surface area contributed by atoms with Gasteiger partial charge in [-0.05, 0) is 127 Å². The summed E-state index contributed by atoms with van der Waals surface area (Å²) in [5, 5.41) is 0. The second-order valence-corrected chi connectivity index (χ2v) is 18.8. The van der Waals surface area contributed by atoms with Crippen molar-refractivity contribution in [2.75, 3.05) is 9.80 Å². The molecule has 0 aliphatic rings. The van der Waals surface area contributed by atoms with Gasteiger partial charge in [0.1, 0.15) is 0 Å². The fraction of sp³-hybridized carbons (Fsp3) is 0.362. The van der Waals surface area contributed by atoms with Crippen LogP contribution in [0.3, 0.4) is 0 Å². The van der Waals surface area contributed by atoms with E-state index >= 15 is 0 Å². The summed E-state index contributed by atoms with van der Waals surface area (Å²) in [6.07, 6.45) is 0. The van der Waals surface area contributed by atoms with Crippen LogP contribution in [0.2, 0.25) is 0 Å². The first-order valence-electron chi connectivity index (χ1n) is 18.0. The maximum Gasteiger partial charge on any atom is 0.0657 e. The van der Waals surface area contributed by atoms with Crippen molar-refractivity contribution in [2.24, 2.45) is 0 Å². The van der Waals surface area contributed by atoms with Gasteiger partial charge in [0.2, 0.25) is 0 Å². The molecule has 0 N–H and O–H groups in total. The average Bonchev–Trinajstić information content (AvgIpc) is 3.02. The average molecular weight is 730 g/mol. The van der Waals surface area contributed by atoms with Gasteiger partial charge in [-0.15, -0.1) is 0 Å². The van der Waals surface area contributed by atoms with Crippen LogP contribution >= 0.6 is 15.9 Å². The fourth-order valence-electron chi connectivity index (χ4n) is 6.23. The van der Waals surface area contributed by atoms with Crippen LogP contribution in [-0.4, -0.2) is 0 Å². The minimum Gasteiger partial charge on any atom is -0.309 e. The fourth-order valence-corrected chi connectivity index (χ4v) is 6.82. The van der Waals surface area contributed by atoms with Crippen LogP contribution in [0.4, 0.5) is 34.1 Å². The van der Waals surface area contributed by atoms with Crippen molar-refractivity contribution in [3.05, 3.63) is 141 Å². The molecule has 0 saturated carbocycles. The van der Waals surface area contributed by atoms with Gasteiger partial charge >= 0.3 is 0 Å². The summed E-state index contributed by atoms with van der Waals surface area (Å²) in [6, 6.07) is 40.9. The number of rotatable bonds is 6. The van der Waals surface area contributed by atoms with Gasteiger partial charge in [0.05, 0.1) is 15.8 Å². The van der Waals surface area contributed by atoms with Crippen LogP contribution in [0.25, 0.3) is 0 Å². The predicted octanol–water partition coefficient (Wildman–Crippen LogP) is 14.9. The Morgan fingerprint density at radius 2 is 0.600 bits per heavy atom. The number of nitrogens with zero attached hydrogens (tertiary/aromatic N) is 2. The lowest BCUT2D eigenvalue weighted by molar-refractivity contribution is 0.589. The molecule has 0 atom stereocenters. The van der Waals surface area contributed by atoms with E-state index in [1.165, 1.54) is 27.8 Å². The zero-order valence-electron chi connectivity index (χ0n) is 32.7. The molecule has 0 aromatic heterocycles. The molecule has 5 aromatic carbocycles. The Balaban J connectivity index is 1.81. The van der Waals surface area contributed by atoms with Gasteiger partial charge in [0, 0.05) is 22.7 Å². The second kappa shape index (κ2) is 13.7. The first kappa shape index (κ1) is 37.4. The van der Waals surface area contributed by atoms with Gasteiger partial charge in [0.15, 0.2) is 0 Å². The first-order chi connectivity index (χ1) is 23.1. The Hall–Kier alpha value is -3.82. The Kier molecular flexibility index (Phi) is 10.3. The summed E-state index contributed by atoms with van der Waals surface area (Å²) in [5.74, 6) is 0. The van der Waals surface area contributed by atoms with Crippen molar-refractivity contribution in [2.45, 2.75) is 112 Å². The lowest BCUT2D eigenvalue weighted by Crippen LogP contribution is -2.19. The molecule has 0 radical (unpaired) electrons. The van der Waals surface area contributed by atoms with Gasteiger partial charge in [0.25, 0.3) is 0 Å². The molecule has 0 bridgehead atoms. The lowest BCUT2D eigenvalue weighted by Gasteiger charge is -2.34. The molecule has 0 aliphatic heterocycles. The van der Waals surface area contributed by atoms with E-state index in [-0.39, 0.29) is 21.7 Å². The molecular formula is C47H57BrN2. The van der Waals surface area contributed by atoms with Crippen LogP contribution in [0.15, 0.2) is 114 Å². The molecule has 3 heteroatoms. The monoisotopic (exact) mass is 728 g/mol. The summed E-state index contributed by atoms with van der Waals surface area (Å²) in [4.78, 5) is 4.82. The van der Waals surface area contributed by atoms with Crippen molar-refractivity contribution >= 4 is 50.1 Å². The minimum atomic E-state index is -0.100. The van der Waals surface area contributed by atoms with E-state index in [9.17, 15) is 0 Å². The molecule has 0 spiro atoms. The standard InChI is InChI=1S/C47H57BrN2/c1-32-14-22-37(23-15-32)49(38-24-16-33(17-25-38)44(2,3)4)41-30-36(47(11,12)13)31-42(43(41)48)50(39-26-18-34(19-27-39)45(5,6)7)40-28-20-35(21-29-40)46(8,9)10/h14-31H,1-13H3. The van der Waals surface area contributed by atoms with E-state index in [1.54, 1.807) is 0 Å². The summed E-state index contributed by atoms with van der Waals surface area (Å²) < 4.78 is 1.03. The van der Waals surface area contributed by atoms with E-state index in [0.717, 1.165) is 38.6 Å². The first-order valence-corrected chi connectivity index (χ1v) is 18.8. The van der Waals surface area contributed by atoms with Crippen LogP contribution in [0.1, 0.15) is 111 Å². The number of aryl methyl sites for hydroxylation is 1. The van der Waals surface area contributed by atoms with Crippen LogP contribution in [-0.2, 0) is 21.7 Å². The quantitative estimate of drug-likeness (QED) is 0.172.